The molecule has 0 bridgehead atoms. The lowest BCUT2D eigenvalue weighted by Crippen LogP contribution is -2.60. The maximum atomic E-state index is 10.3. The topological polar surface area (TPSA) is 109 Å². The van der Waals surface area contributed by atoms with Gasteiger partial charge in [-0.25, -0.2) is 0 Å². The van der Waals surface area contributed by atoms with E-state index in [9.17, 15) is 20.4 Å². The average Bonchev–Trinajstić information content (AvgIpc) is 2.75. The van der Waals surface area contributed by atoms with Crippen LogP contribution in [0.3, 0.4) is 0 Å². The maximum absolute atomic E-state index is 10.3. The van der Waals surface area contributed by atoms with Crippen LogP contribution in [0.2, 0.25) is 0 Å². The van der Waals surface area contributed by atoms with E-state index in [1.165, 1.54) is 0 Å². The van der Waals surface area contributed by atoms with Gasteiger partial charge in [0.15, 0.2) is 0 Å². The van der Waals surface area contributed by atoms with Gasteiger partial charge in [-0.05, 0) is 55.3 Å². The molecule has 0 aliphatic carbocycles. The number of aryl methyl sites for hydroxylation is 2. The van der Waals surface area contributed by atoms with Crippen LogP contribution in [0, 0.1) is 13.8 Å². The third-order valence-corrected chi connectivity index (χ3v) is 5.06. The molecule has 1 aliphatic rings. The zero-order valence-electron chi connectivity index (χ0n) is 17.5. The van der Waals surface area contributed by atoms with Gasteiger partial charge in [0.05, 0.1) is 0 Å². The molecule has 3 rings (SSSR count). The number of allylic oxidation sites excluding steroid dienone is 1. The summed E-state index contributed by atoms with van der Waals surface area (Å²) in [6.07, 6.45) is -2.92. The zero-order valence-corrected chi connectivity index (χ0v) is 17.5. The standard InChI is InChI=1S/C24H28O7/c1-14-4-9-18(10-5-14)30-24-23(28)22(27)21(26)20(31-24)13-29-16(3)6-7-17-8-11-19(25)15(2)12-17/h4-12,20-28H,3,13H2,1-2H3/b7-6+. The van der Waals surface area contributed by atoms with Crippen molar-refractivity contribution in [3.8, 4) is 11.5 Å². The Labute approximate surface area is 181 Å². The minimum Gasteiger partial charge on any atom is -0.508 e. The molecule has 0 radical (unpaired) electrons. The number of ether oxygens (including phenoxy) is 3. The summed E-state index contributed by atoms with van der Waals surface area (Å²) in [5.74, 6) is 1.01. The molecule has 4 N–H and O–H groups in total. The fourth-order valence-electron chi connectivity index (χ4n) is 3.11. The summed E-state index contributed by atoms with van der Waals surface area (Å²) in [7, 11) is 0. The van der Waals surface area contributed by atoms with Crippen LogP contribution in [0.1, 0.15) is 16.7 Å². The highest BCUT2D eigenvalue weighted by molar-refractivity contribution is 5.54. The molecule has 0 aromatic heterocycles. The van der Waals surface area contributed by atoms with Gasteiger partial charge in [-0.2, -0.15) is 0 Å². The van der Waals surface area contributed by atoms with Crippen molar-refractivity contribution in [2.75, 3.05) is 6.61 Å². The van der Waals surface area contributed by atoms with Crippen molar-refractivity contribution in [2.45, 2.75) is 44.6 Å². The predicted molar refractivity (Wildman–Crippen MR) is 115 cm³/mol. The number of phenolic OH excluding ortho intramolecular Hbond substituents is 1. The molecule has 0 saturated carbocycles. The minimum absolute atomic E-state index is 0.101. The first-order chi connectivity index (χ1) is 14.7. The fourth-order valence-corrected chi connectivity index (χ4v) is 3.11. The third kappa shape index (κ3) is 5.86. The lowest BCUT2D eigenvalue weighted by Gasteiger charge is -2.40. The van der Waals surface area contributed by atoms with Gasteiger partial charge in [0.2, 0.25) is 6.29 Å². The van der Waals surface area contributed by atoms with E-state index >= 15 is 0 Å². The van der Waals surface area contributed by atoms with Crippen LogP contribution >= 0.6 is 0 Å². The number of phenols is 1. The molecule has 5 atom stereocenters. The summed E-state index contributed by atoms with van der Waals surface area (Å²) in [4.78, 5) is 0. The second-order valence-electron chi connectivity index (χ2n) is 7.60. The Morgan fingerprint density at radius 2 is 1.74 bits per heavy atom. The Morgan fingerprint density at radius 3 is 2.42 bits per heavy atom. The molecule has 1 saturated heterocycles. The van der Waals surface area contributed by atoms with Crippen LogP contribution in [-0.4, -0.2) is 57.7 Å². The van der Waals surface area contributed by atoms with E-state index in [2.05, 4.69) is 6.58 Å². The van der Waals surface area contributed by atoms with E-state index in [0.29, 0.717) is 11.5 Å². The van der Waals surface area contributed by atoms with E-state index < -0.39 is 30.7 Å². The van der Waals surface area contributed by atoms with Crippen molar-refractivity contribution in [1.82, 2.24) is 0 Å². The Hall–Kier alpha value is -2.84. The molecule has 2 aromatic rings. The molecule has 166 valence electrons. The van der Waals surface area contributed by atoms with E-state index in [1.807, 2.05) is 25.1 Å². The van der Waals surface area contributed by atoms with Gasteiger partial charge in [-0.1, -0.05) is 36.4 Å². The molecule has 0 amide bonds. The lowest BCUT2D eigenvalue weighted by molar-refractivity contribution is -0.278. The number of aliphatic hydroxyl groups is 3. The van der Waals surface area contributed by atoms with E-state index in [4.69, 9.17) is 14.2 Å². The molecule has 7 nitrogen and oxygen atoms in total. The Bertz CT molecular complexity index is 922. The van der Waals surface area contributed by atoms with Crippen molar-refractivity contribution in [3.05, 3.63) is 77.6 Å². The Balaban J connectivity index is 1.58. The first-order valence-corrected chi connectivity index (χ1v) is 9.97. The van der Waals surface area contributed by atoms with Gasteiger partial charge in [0, 0.05) is 0 Å². The maximum Gasteiger partial charge on any atom is 0.229 e. The number of benzene rings is 2. The van der Waals surface area contributed by atoms with Crippen LogP contribution in [0.4, 0.5) is 0 Å². The largest absolute Gasteiger partial charge is 0.508 e. The Kier molecular flexibility index (Phi) is 7.35. The molecule has 1 heterocycles. The highest BCUT2D eigenvalue weighted by Gasteiger charge is 2.45. The van der Waals surface area contributed by atoms with Crippen molar-refractivity contribution >= 4 is 6.08 Å². The van der Waals surface area contributed by atoms with Crippen LogP contribution in [0.25, 0.3) is 6.08 Å². The molecule has 0 spiro atoms. The number of hydrogen-bond acceptors (Lipinski definition) is 7. The van der Waals surface area contributed by atoms with Gasteiger partial charge < -0.3 is 34.6 Å². The fraction of sp³-hybridized carbons (Fsp3) is 0.333. The van der Waals surface area contributed by atoms with Crippen molar-refractivity contribution < 1.29 is 34.6 Å². The number of aromatic hydroxyl groups is 1. The lowest BCUT2D eigenvalue weighted by atomic mass is 9.99. The average molecular weight is 428 g/mol. The highest BCUT2D eigenvalue weighted by Crippen LogP contribution is 2.25. The first-order valence-electron chi connectivity index (χ1n) is 9.97. The molecule has 1 fully saturated rings. The summed E-state index contributed by atoms with van der Waals surface area (Å²) >= 11 is 0. The predicted octanol–water partition coefficient (Wildman–Crippen LogP) is 2.44. The van der Waals surface area contributed by atoms with Gasteiger partial charge in [-0.3, -0.25) is 0 Å². The molecular formula is C24H28O7. The van der Waals surface area contributed by atoms with Gasteiger partial charge in [0.25, 0.3) is 0 Å². The molecule has 7 heteroatoms. The molecular weight excluding hydrogens is 400 g/mol. The number of aliphatic hydroxyl groups excluding tert-OH is 3. The molecule has 31 heavy (non-hydrogen) atoms. The van der Waals surface area contributed by atoms with Crippen LogP contribution in [-0.2, 0) is 9.47 Å². The van der Waals surface area contributed by atoms with Crippen molar-refractivity contribution in [1.29, 1.82) is 0 Å². The quantitative estimate of drug-likeness (QED) is 0.396. The van der Waals surface area contributed by atoms with Gasteiger partial charge in [-0.15, -0.1) is 0 Å². The Morgan fingerprint density at radius 1 is 1.03 bits per heavy atom. The number of rotatable bonds is 7. The van der Waals surface area contributed by atoms with E-state index in [0.717, 1.165) is 16.7 Å². The van der Waals surface area contributed by atoms with Crippen LogP contribution in [0.15, 0.2) is 60.9 Å². The van der Waals surface area contributed by atoms with Crippen molar-refractivity contribution in [3.63, 3.8) is 0 Å². The molecule has 2 aromatic carbocycles. The molecule has 1 aliphatic heterocycles. The van der Waals surface area contributed by atoms with E-state index in [1.54, 1.807) is 43.3 Å². The minimum atomic E-state index is -1.46. The van der Waals surface area contributed by atoms with Crippen LogP contribution in [0.5, 0.6) is 11.5 Å². The zero-order chi connectivity index (χ0) is 22.5. The highest BCUT2D eigenvalue weighted by atomic mass is 16.7. The third-order valence-electron chi connectivity index (χ3n) is 5.06. The van der Waals surface area contributed by atoms with Crippen molar-refractivity contribution in [2.24, 2.45) is 0 Å². The SMILES string of the molecule is C=C(/C=C/c1ccc(O)c(C)c1)OCC1OC(Oc2ccc(C)cc2)C(O)C(O)C1O. The van der Waals surface area contributed by atoms with Gasteiger partial charge >= 0.3 is 0 Å². The number of hydrogen-bond donors (Lipinski definition) is 4. The summed E-state index contributed by atoms with van der Waals surface area (Å²) < 4.78 is 16.9. The summed E-state index contributed by atoms with van der Waals surface area (Å²) in [5, 5.41) is 40.3. The van der Waals surface area contributed by atoms with E-state index in [-0.39, 0.29) is 12.4 Å². The summed E-state index contributed by atoms with van der Waals surface area (Å²) in [5.41, 5.74) is 2.66. The second-order valence-corrected chi connectivity index (χ2v) is 7.60. The molecule has 5 unspecified atom stereocenters. The monoisotopic (exact) mass is 428 g/mol. The summed E-state index contributed by atoms with van der Waals surface area (Å²) in [6.45, 7) is 7.45. The normalized spacial score (nSPS) is 26.0. The summed E-state index contributed by atoms with van der Waals surface area (Å²) in [6, 6.07) is 12.3. The smallest absolute Gasteiger partial charge is 0.229 e. The van der Waals surface area contributed by atoms with Gasteiger partial charge in [0.1, 0.15) is 48.3 Å². The van der Waals surface area contributed by atoms with Crippen LogP contribution < -0.4 is 4.74 Å². The second kappa shape index (κ2) is 9.98. The first kappa shape index (κ1) is 22.8.